The molecule has 0 atom stereocenters. The number of carbonyl (C=O) groups is 2. The highest BCUT2D eigenvalue weighted by Crippen LogP contribution is 2.13. The van der Waals surface area contributed by atoms with Crippen molar-refractivity contribution in [3.05, 3.63) is 35.8 Å². The molecule has 0 aliphatic carbocycles. The standard InChI is InChI=1S/C10H7FN4O4/c1-19-10(18)7-13-4-15(14-7)8-6(11)5(9(16)17)2-3-12-8/h2-4H,1H3,(H,16,17). The summed E-state index contributed by atoms with van der Waals surface area (Å²) in [4.78, 5) is 29.2. The predicted octanol–water partition coefficient (Wildman–Crippen LogP) is 0.286. The van der Waals surface area contributed by atoms with Crippen LogP contribution < -0.4 is 0 Å². The molecule has 0 amide bonds. The molecule has 0 fully saturated rings. The molecular weight excluding hydrogens is 259 g/mol. The van der Waals surface area contributed by atoms with Gasteiger partial charge < -0.3 is 9.84 Å². The molecule has 0 aromatic carbocycles. The van der Waals surface area contributed by atoms with Gasteiger partial charge in [-0.2, -0.15) is 4.68 Å². The van der Waals surface area contributed by atoms with Crippen LogP contribution in [0, 0.1) is 5.82 Å². The van der Waals surface area contributed by atoms with Crippen LogP contribution in [0.5, 0.6) is 0 Å². The van der Waals surface area contributed by atoms with Gasteiger partial charge in [-0.3, -0.25) is 0 Å². The molecular formula is C10H7FN4O4. The average Bonchev–Trinajstić information content (AvgIpc) is 2.87. The van der Waals surface area contributed by atoms with Gasteiger partial charge >= 0.3 is 11.9 Å². The van der Waals surface area contributed by atoms with E-state index in [0.29, 0.717) is 0 Å². The van der Waals surface area contributed by atoms with Crippen molar-refractivity contribution in [3.63, 3.8) is 0 Å². The van der Waals surface area contributed by atoms with E-state index in [2.05, 4.69) is 19.8 Å². The first-order chi connectivity index (χ1) is 9.04. The Morgan fingerprint density at radius 2 is 2.16 bits per heavy atom. The number of ether oxygens (including phenoxy) is 1. The average molecular weight is 266 g/mol. The Morgan fingerprint density at radius 1 is 1.42 bits per heavy atom. The van der Waals surface area contributed by atoms with Crippen molar-refractivity contribution in [2.45, 2.75) is 0 Å². The van der Waals surface area contributed by atoms with Crippen molar-refractivity contribution in [1.82, 2.24) is 19.7 Å². The normalized spacial score (nSPS) is 10.2. The van der Waals surface area contributed by atoms with E-state index < -0.39 is 23.3 Å². The molecule has 9 heteroatoms. The zero-order valence-electron chi connectivity index (χ0n) is 9.57. The molecule has 2 heterocycles. The fourth-order valence-electron chi connectivity index (χ4n) is 1.31. The van der Waals surface area contributed by atoms with Crippen LogP contribution >= 0.6 is 0 Å². The number of carbonyl (C=O) groups excluding carboxylic acids is 1. The zero-order valence-corrected chi connectivity index (χ0v) is 9.57. The van der Waals surface area contributed by atoms with Crippen molar-refractivity contribution in [1.29, 1.82) is 0 Å². The van der Waals surface area contributed by atoms with Crippen LogP contribution in [0.3, 0.4) is 0 Å². The molecule has 19 heavy (non-hydrogen) atoms. The molecule has 0 saturated heterocycles. The second-order valence-corrected chi connectivity index (χ2v) is 3.31. The summed E-state index contributed by atoms with van der Waals surface area (Å²) >= 11 is 0. The van der Waals surface area contributed by atoms with Crippen molar-refractivity contribution < 1.29 is 23.8 Å². The van der Waals surface area contributed by atoms with Crippen molar-refractivity contribution >= 4 is 11.9 Å². The van der Waals surface area contributed by atoms with Gasteiger partial charge in [0.05, 0.1) is 7.11 Å². The van der Waals surface area contributed by atoms with E-state index in [1.165, 1.54) is 0 Å². The summed E-state index contributed by atoms with van der Waals surface area (Å²) in [5.74, 6) is -3.97. The number of esters is 1. The predicted molar refractivity (Wildman–Crippen MR) is 57.4 cm³/mol. The van der Waals surface area contributed by atoms with E-state index in [9.17, 15) is 14.0 Å². The Bertz CT molecular complexity index is 655. The summed E-state index contributed by atoms with van der Waals surface area (Å²) in [6.07, 6.45) is 2.14. The van der Waals surface area contributed by atoms with Crippen LogP contribution in [0.15, 0.2) is 18.6 Å². The smallest absolute Gasteiger partial charge is 0.377 e. The maximum atomic E-state index is 13.9. The van der Waals surface area contributed by atoms with Gasteiger partial charge in [0.1, 0.15) is 11.9 Å². The number of rotatable bonds is 3. The van der Waals surface area contributed by atoms with Crippen LogP contribution in [0.2, 0.25) is 0 Å². The second-order valence-electron chi connectivity index (χ2n) is 3.31. The molecule has 8 nitrogen and oxygen atoms in total. The number of nitrogens with zero attached hydrogens (tertiary/aromatic N) is 4. The Kier molecular flexibility index (Phi) is 3.19. The fourth-order valence-corrected chi connectivity index (χ4v) is 1.31. The largest absolute Gasteiger partial charge is 0.478 e. The Labute approximate surface area is 105 Å². The lowest BCUT2D eigenvalue weighted by atomic mass is 10.2. The topological polar surface area (TPSA) is 107 Å². The van der Waals surface area contributed by atoms with Gasteiger partial charge in [-0.05, 0) is 6.07 Å². The lowest BCUT2D eigenvalue weighted by Gasteiger charge is -2.03. The van der Waals surface area contributed by atoms with Crippen LogP contribution in [0.4, 0.5) is 4.39 Å². The molecule has 98 valence electrons. The van der Waals surface area contributed by atoms with Crippen molar-refractivity contribution in [2.75, 3.05) is 7.11 Å². The number of halogens is 1. The third-order valence-electron chi connectivity index (χ3n) is 2.18. The summed E-state index contributed by atoms with van der Waals surface area (Å²) in [6, 6.07) is 1.01. The van der Waals surface area contributed by atoms with Gasteiger partial charge in [0.25, 0.3) is 5.82 Å². The van der Waals surface area contributed by atoms with Crippen LogP contribution in [0.1, 0.15) is 21.0 Å². The molecule has 0 bridgehead atoms. The van der Waals surface area contributed by atoms with Crippen LogP contribution in [-0.4, -0.2) is 43.9 Å². The first kappa shape index (κ1) is 12.6. The number of methoxy groups -OCH3 is 1. The van der Waals surface area contributed by atoms with Gasteiger partial charge in [0.2, 0.25) is 0 Å². The number of pyridine rings is 1. The minimum absolute atomic E-state index is 0.288. The number of hydrogen-bond donors (Lipinski definition) is 1. The highest BCUT2D eigenvalue weighted by Gasteiger charge is 2.19. The number of carboxylic acids is 1. The van der Waals surface area contributed by atoms with E-state index >= 15 is 0 Å². The minimum atomic E-state index is -1.44. The molecule has 0 aliphatic heterocycles. The summed E-state index contributed by atoms with van der Waals surface area (Å²) < 4.78 is 19.1. The maximum Gasteiger partial charge on any atom is 0.377 e. The van der Waals surface area contributed by atoms with E-state index in [0.717, 1.165) is 30.4 Å². The Hall–Kier alpha value is -2.84. The molecule has 0 unspecified atom stereocenters. The fraction of sp³-hybridized carbons (Fsp3) is 0.100. The van der Waals surface area contributed by atoms with Gasteiger partial charge in [0.15, 0.2) is 11.6 Å². The maximum absolute atomic E-state index is 13.9. The number of aromatic carboxylic acids is 1. The molecule has 0 saturated carbocycles. The second kappa shape index (κ2) is 4.80. The highest BCUT2D eigenvalue weighted by atomic mass is 19.1. The number of hydrogen-bond acceptors (Lipinski definition) is 6. The Balaban J connectivity index is 2.48. The van der Waals surface area contributed by atoms with E-state index in [1.807, 2.05) is 0 Å². The molecule has 1 N–H and O–H groups in total. The molecule has 2 aromatic rings. The zero-order chi connectivity index (χ0) is 14.0. The minimum Gasteiger partial charge on any atom is -0.478 e. The molecule has 0 radical (unpaired) electrons. The first-order valence-corrected chi connectivity index (χ1v) is 4.92. The lowest BCUT2D eigenvalue weighted by molar-refractivity contribution is 0.0586. The third-order valence-corrected chi connectivity index (χ3v) is 2.18. The van der Waals surface area contributed by atoms with Gasteiger partial charge in [-0.25, -0.2) is 23.9 Å². The molecule has 2 rings (SSSR count). The molecule has 0 aliphatic rings. The highest BCUT2D eigenvalue weighted by molar-refractivity contribution is 5.88. The summed E-state index contributed by atoms with van der Waals surface area (Å²) in [5.41, 5.74) is -0.555. The van der Waals surface area contributed by atoms with E-state index in [4.69, 9.17) is 5.11 Å². The van der Waals surface area contributed by atoms with Crippen molar-refractivity contribution in [3.8, 4) is 5.82 Å². The van der Waals surface area contributed by atoms with E-state index in [-0.39, 0.29) is 11.6 Å². The summed E-state index contributed by atoms with van der Waals surface area (Å²) in [5, 5.41) is 12.4. The number of carboxylic acid groups (broad SMARTS) is 1. The Morgan fingerprint density at radius 3 is 2.79 bits per heavy atom. The third kappa shape index (κ3) is 2.25. The van der Waals surface area contributed by atoms with Gasteiger partial charge in [0, 0.05) is 6.20 Å². The monoisotopic (exact) mass is 266 g/mol. The molecule has 2 aromatic heterocycles. The SMILES string of the molecule is COC(=O)c1ncn(-c2nccc(C(=O)O)c2F)n1. The summed E-state index contributed by atoms with van der Waals surface area (Å²) in [6.45, 7) is 0. The number of aromatic nitrogens is 4. The van der Waals surface area contributed by atoms with Gasteiger partial charge in [-0.15, -0.1) is 5.10 Å². The van der Waals surface area contributed by atoms with E-state index in [1.54, 1.807) is 0 Å². The quantitative estimate of drug-likeness (QED) is 0.795. The molecule has 0 spiro atoms. The van der Waals surface area contributed by atoms with Gasteiger partial charge in [-0.1, -0.05) is 0 Å². The van der Waals surface area contributed by atoms with Crippen molar-refractivity contribution in [2.24, 2.45) is 0 Å². The summed E-state index contributed by atoms with van der Waals surface area (Å²) in [7, 11) is 1.15. The van der Waals surface area contributed by atoms with Crippen LogP contribution in [-0.2, 0) is 4.74 Å². The van der Waals surface area contributed by atoms with Crippen LogP contribution in [0.25, 0.3) is 5.82 Å². The lowest BCUT2D eigenvalue weighted by Crippen LogP contribution is -2.10. The first-order valence-electron chi connectivity index (χ1n) is 4.92.